The Hall–Kier alpha value is 0.270. The number of thioether (sulfide) groups is 1. The van der Waals surface area contributed by atoms with Crippen LogP contribution >= 0.6 is 35.7 Å². The number of ether oxygens (including phenoxy) is 1. The van der Waals surface area contributed by atoms with E-state index in [1.54, 1.807) is 7.11 Å². The predicted molar refractivity (Wildman–Crippen MR) is 113 cm³/mol. The Morgan fingerprint density at radius 1 is 1.39 bits per heavy atom. The summed E-state index contributed by atoms with van der Waals surface area (Å²) in [5.74, 6) is 0.934. The summed E-state index contributed by atoms with van der Waals surface area (Å²) in [7, 11) is 1.77. The van der Waals surface area contributed by atoms with E-state index in [0.717, 1.165) is 38.7 Å². The van der Waals surface area contributed by atoms with E-state index in [0.29, 0.717) is 6.04 Å². The summed E-state index contributed by atoms with van der Waals surface area (Å²) in [5.41, 5.74) is 0. The van der Waals surface area contributed by atoms with Crippen LogP contribution in [0.15, 0.2) is 4.99 Å². The summed E-state index contributed by atoms with van der Waals surface area (Å²) in [6, 6.07) is 0.590. The number of nitrogens with one attached hydrogen (secondary N) is 2. The van der Waals surface area contributed by atoms with Gasteiger partial charge in [0.15, 0.2) is 5.96 Å². The minimum atomic E-state index is 0. The summed E-state index contributed by atoms with van der Waals surface area (Å²) >= 11 is 1.86. The first-order valence-electron chi connectivity index (χ1n) is 8.32. The molecule has 0 aliphatic carbocycles. The van der Waals surface area contributed by atoms with Crippen LogP contribution in [0.4, 0.5) is 0 Å². The molecule has 7 heteroatoms. The van der Waals surface area contributed by atoms with Gasteiger partial charge in [-0.05, 0) is 46.4 Å². The lowest BCUT2D eigenvalue weighted by molar-refractivity contribution is 0.141. The van der Waals surface area contributed by atoms with Gasteiger partial charge in [-0.2, -0.15) is 11.8 Å². The molecule has 0 bridgehead atoms. The maximum Gasteiger partial charge on any atom is 0.191 e. The van der Waals surface area contributed by atoms with E-state index >= 15 is 0 Å². The molecule has 0 aromatic heterocycles. The number of hydrogen-bond donors (Lipinski definition) is 2. The van der Waals surface area contributed by atoms with Gasteiger partial charge in [0.25, 0.3) is 0 Å². The molecule has 1 atom stereocenters. The third kappa shape index (κ3) is 9.36. The lowest BCUT2D eigenvalue weighted by Gasteiger charge is -2.25. The summed E-state index contributed by atoms with van der Waals surface area (Å²) in [6.07, 6.45) is 4.68. The molecule has 1 fully saturated rings. The van der Waals surface area contributed by atoms with Crippen molar-refractivity contribution in [1.82, 2.24) is 15.5 Å². The largest absolute Gasteiger partial charge is 0.383 e. The third-order valence-corrected chi connectivity index (χ3v) is 5.34. The minimum absolute atomic E-state index is 0. The van der Waals surface area contributed by atoms with Crippen molar-refractivity contribution in [3.63, 3.8) is 0 Å². The quantitative estimate of drug-likeness (QED) is 0.316. The molecule has 5 nitrogen and oxygen atoms in total. The lowest BCUT2D eigenvalue weighted by atomic mass is 10.2. The van der Waals surface area contributed by atoms with E-state index in [1.165, 1.54) is 19.4 Å². The Kier molecular flexibility index (Phi) is 12.8. The van der Waals surface area contributed by atoms with Crippen molar-refractivity contribution in [2.24, 2.45) is 4.99 Å². The van der Waals surface area contributed by atoms with E-state index in [2.05, 4.69) is 42.6 Å². The standard InChI is InChI=1S/C16H34N4OS.HI/c1-6-17-15(19-13-16(2,3)22-5)18-12-14-8-7-9-20(14)10-11-21-4;/h14H,6-13H2,1-5H3,(H2,17,18,19);1H. The van der Waals surface area contributed by atoms with Crippen LogP contribution in [0.25, 0.3) is 0 Å². The van der Waals surface area contributed by atoms with Crippen molar-refractivity contribution >= 4 is 41.7 Å². The van der Waals surface area contributed by atoms with Gasteiger partial charge in [0.1, 0.15) is 0 Å². The van der Waals surface area contributed by atoms with Crippen molar-refractivity contribution in [2.75, 3.05) is 52.7 Å². The van der Waals surface area contributed by atoms with Crippen LogP contribution in [0.5, 0.6) is 0 Å². The Bertz CT molecular complexity index is 342. The van der Waals surface area contributed by atoms with Crippen molar-refractivity contribution < 1.29 is 4.74 Å². The van der Waals surface area contributed by atoms with Crippen LogP contribution in [-0.4, -0.2) is 74.3 Å². The zero-order chi connectivity index (χ0) is 16.4. The molecule has 2 N–H and O–H groups in total. The van der Waals surface area contributed by atoms with Gasteiger partial charge in [0, 0.05) is 37.5 Å². The molecule has 1 unspecified atom stereocenters. The maximum atomic E-state index is 5.20. The zero-order valence-electron chi connectivity index (χ0n) is 15.4. The minimum Gasteiger partial charge on any atom is -0.383 e. The number of likely N-dealkylation sites (tertiary alicyclic amines) is 1. The van der Waals surface area contributed by atoms with Crippen molar-refractivity contribution in [3.05, 3.63) is 0 Å². The molecule has 0 saturated carbocycles. The highest BCUT2D eigenvalue weighted by atomic mass is 127. The van der Waals surface area contributed by atoms with E-state index in [9.17, 15) is 0 Å². The van der Waals surface area contributed by atoms with Gasteiger partial charge in [-0.25, -0.2) is 0 Å². The van der Waals surface area contributed by atoms with Gasteiger partial charge < -0.3 is 15.4 Å². The fraction of sp³-hybridized carbons (Fsp3) is 0.938. The summed E-state index contributed by atoms with van der Waals surface area (Å²) in [5, 5.41) is 6.86. The lowest BCUT2D eigenvalue weighted by Crippen LogP contribution is -2.46. The molecule has 0 aromatic rings. The summed E-state index contributed by atoms with van der Waals surface area (Å²) in [6.45, 7) is 12.3. The Balaban J connectivity index is 0.00000484. The van der Waals surface area contributed by atoms with Gasteiger partial charge in [-0.3, -0.25) is 9.89 Å². The molecule has 23 heavy (non-hydrogen) atoms. The molecule has 0 amide bonds. The fourth-order valence-electron chi connectivity index (χ4n) is 2.52. The zero-order valence-corrected chi connectivity index (χ0v) is 18.5. The van der Waals surface area contributed by atoms with Gasteiger partial charge in [0.05, 0.1) is 13.2 Å². The average Bonchev–Trinajstić information content (AvgIpc) is 2.95. The second-order valence-electron chi connectivity index (χ2n) is 6.36. The molecule has 0 radical (unpaired) electrons. The summed E-state index contributed by atoms with van der Waals surface area (Å²) in [4.78, 5) is 7.25. The first-order chi connectivity index (χ1) is 10.5. The molecule has 1 aliphatic heterocycles. The normalized spacial score (nSPS) is 19.5. The number of methoxy groups -OCH3 is 1. The summed E-state index contributed by atoms with van der Waals surface area (Å²) < 4.78 is 5.38. The monoisotopic (exact) mass is 458 g/mol. The van der Waals surface area contributed by atoms with Crippen LogP contribution in [0.1, 0.15) is 33.6 Å². The van der Waals surface area contributed by atoms with Crippen LogP contribution in [0.2, 0.25) is 0 Å². The van der Waals surface area contributed by atoms with Crippen LogP contribution in [0, 0.1) is 0 Å². The second kappa shape index (κ2) is 12.6. The van der Waals surface area contributed by atoms with Crippen LogP contribution in [-0.2, 0) is 4.74 Å². The highest BCUT2D eigenvalue weighted by molar-refractivity contribution is 14.0. The Labute approximate surface area is 163 Å². The molecule has 0 spiro atoms. The third-order valence-electron chi connectivity index (χ3n) is 4.10. The van der Waals surface area contributed by atoms with E-state index < -0.39 is 0 Å². The SMILES string of the molecule is CCNC(=NCC(C)(C)SC)NCC1CCCN1CCOC.I. The van der Waals surface area contributed by atoms with Crippen molar-refractivity contribution in [3.8, 4) is 0 Å². The van der Waals surface area contributed by atoms with Crippen LogP contribution in [0.3, 0.4) is 0 Å². The maximum absolute atomic E-state index is 5.20. The Morgan fingerprint density at radius 2 is 2.13 bits per heavy atom. The molecule has 1 saturated heterocycles. The predicted octanol–water partition coefficient (Wildman–Crippen LogP) is 2.41. The molecule has 1 rings (SSSR count). The molecule has 1 aliphatic rings. The van der Waals surface area contributed by atoms with Gasteiger partial charge in [-0.15, -0.1) is 24.0 Å². The van der Waals surface area contributed by atoms with Crippen LogP contribution < -0.4 is 10.6 Å². The first kappa shape index (κ1) is 23.3. The van der Waals surface area contributed by atoms with Gasteiger partial charge in [0.2, 0.25) is 0 Å². The number of rotatable bonds is 9. The molecule has 0 aromatic carbocycles. The Morgan fingerprint density at radius 3 is 2.74 bits per heavy atom. The number of halogens is 1. The first-order valence-corrected chi connectivity index (χ1v) is 9.55. The highest BCUT2D eigenvalue weighted by Gasteiger charge is 2.24. The van der Waals surface area contributed by atoms with Crippen molar-refractivity contribution in [1.29, 1.82) is 0 Å². The fourth-order valence-corrected chi connectivity index (χ4v) is 2.71. The van der Waals surface area contributed by atoms with Gasteiger partial charge >= 0.3 is 0 Å². The van der Waals surface area contributed by atoms with Crippen molar-refractivity contribution in [2.45, 2.75) is 44.4 Å². The highest BCUT2D eigenvalue weighted by Crippen LogP contribution is 2.21. The molecular weight excluding hydrogens is 423 g/mol. The van der Waals surface area contributed by atoms with Gasteiger partial charge in [-0.1, -0.05) is 0 Å². The second-order valence-corrected chi connectivity index (χ2v) is 7.88. The van der Waals surface area contributed by atoms with E-state index in [-0.39, 0.29) is 28.7 Å². The molecular formula is C16H35IN4OS. The smallest absolute Gasteiger partial charge is 0.191 e. The average molecular weight is 458 g/mol. The number of hydrogen-bond acceptors (Lipinski definition) is 4. The topological polar surface area (TPSA) is 48.9 Å². The number of guanidine groups is 1. The molecule has 1 heterocycles. The van der Waals surface area contributed by atoms with E-state index in [4.69, 9.17) is 9.73 Å². The number of nitrogens with zero attached hydrogens (tertiary/aromatic N) is 2. The van der Waals surface area contributed by atoms with E-state index in [1.807, 2.05) is 11.8 Å². The number of aliphatic imine (C=N–C) groups is 1. The molecule has 138 valence electrons.